The van der Waals surface area contributed by atoms with Crippen molar-refractivity contribution in [3.8, 4) is 6.07 Å². The van der Waals surface area contributed by atoms with Gasteiger partial charge in [0.15, 0.2) is 0 Å². The maximum Gasteiger partial charge on any atom is 0.0974 e. The number of nitrogens with zero attached hydrogens (tertiary/aromatic N) is 1. The summed E-state index contributed by atoms with van der Waals surface area (Å²) in [5.41, 5.74) is 2.03. The van der Waals surface area contributed by atoms with Crippen molar-refractivity contribution in [2.24, 2.45) is 0 Å². The van der Waals surface area contributed by atoms with E-state index in [0.29, 0.717) is 6.42 Å². The van der Waals surface area contributed by atoms with Crippen LogP contribution in [0.4, 0.5) is 0 Å². The van der Waals surface area contributed by atoms with Crippen molar-refractivity contribution >= 4 is 0 Å². The molecule has 1 aromatic rings. The number of hydrogen-bond donors (Lipinski definition) is 1. The molecule has 0 fully saturated rings. The number of unbranched alkanes of at least 4 members (excludes halogenated alkanes) is 1. The molecule has 2 unspecified atom stereocenters. The Morgan fingerprint density at radius 1 is 1.38 bits per heavy atom. The summed E-state index contributed by atoms with van der Waals surface area (Å²) in [4.78, 5) is 0. The third-order valence-electron chi connectivity index (χ3n) is 2.90. The summed E-state index contributed by atoms with van der Waals surface area (Å²) in [5, 5.41) is 19.2. The van der Waals surface area contributed by atoms with Crippen LogP contribution in [-0.2, 0) is 0 Å². The standard InChI is InChI=1S/C14H19NO/c1-3-4-9-14(16)13(10-15)12-8-6-5-7-11(12)2/h5-8,13-14,16H,3-4,9H2,1-2H3. The number of aliphatic hydroxyl groups excluding tert-OH is 1. The molecule has 0 saturated heterocycles. The molecular weight excluding hydrogens is 198 g/mol. The SMILES string of the molecule is CCCCC(O)C(C#N)c1ccccc1C. The number of benzene rings is 1. The fraction of sp³-hybridized carbons (Fsp3) is 0.500. The summed E-state index contributed by atoms with van der Waals surface area (Å²) in [5.74, 6) is -0.396. The van der Waals surface area contributed by atoms with Gasteiger partial charge in [-0.05, 0) is 24.5 Å². The molecule has 0 amide bonds. The molecule has 16 heavy (non-hydrogen) atoms. The van der Waals surface area contributed by atoms with E-state index in [0.717, 1.165) is 24.0 Å². The predicted octanol–water partition coefficient (Wildman–Crippen LogP) is 3.15. The van der Waals surface area contributed by atoms with Gasteiger partial charge in [0.05, 0.1) is 18.1 Å². The van der Waals surface area contributed by atoms with Gasteiger partial charge in [0, 0.05) is 0 Å². The number of nitriles is 1. The van der Waals surface area contributed by atoms with Crippen molar-refractivity contribution < 1.29 is 5.11 Å². The minimum atomic E-state index is -0.550. The van der Waals surface area contributed by atoms with E-state index in [1.165, 1.54) is 0 Å². The second-order valence-electron chi connectivity index (χ2n) is 4.17. The zero-order chi connectivity index (χ0) is 12.0. The molecule has 0 spiro atoms. The highest BCUT2D eigenvalue weighted by molar-refractivity contribution is 5.33. The van der Waals surface area contributed by atoms with Crippen LogP contribution in [0.25, 0.3) is 0 Å². The molecular formula is C14H19NO. The van der Waals surface area contributed by atoms with E-state index in [1.54, 1.807) is 0 Å². The van der Waals surface area contributed by atoms with Crippen molar-refractivity contribution in [1.82, 2.24) is 0 Å². The third-order valence-corrected chi connectivity index (χ3v) is 2.90. The van der Waals surface area contributed by atoms with E-state index in [-0.39, 0.29) is 0 Å². The first-order chi connectivity index (χ1) is 7.70. The average molecular weight is 217 g/mol. The van der Waals surface area contributed by atoms with E-state index >= 15 is 0 Å². The molecule has 0 radical (unpaired) electrons. The van der Waals surface area contributed by atoms with Crippen LogP contribution in [0.5, 0.6) is 0 Å². The quantitative estimate of drug-likeness (QED) is 0.823. The number of rotatable bonds is 5. The van der Waals surface area contributed by atoms with Crippen molar-refractivity contribution in [1.29, 1.82) is 5.26 Å². The normalized spacial score (nSPS) is 14.1. The average Bonchev–Trinajstić information content (AvgIpc) is 2.30. The van der Waals surface area contributed by atoms with Crippen LogP contribution in [-0.4, -0.2) is 11.2 Å². The Kier molecular flexibility index (Phi) is 5.01. The van der Waals surface area contributed by atoms with Crippen molar-refractivity contribution in [3.05, 3.63) is 35.4 Å². The van der Waals surface area contributed by atoms with Gasteiger partial charge >= 0.3 is 0 Å². The van der Waals surface area contributed by atoms with E-state index in [1.807, 2.05) is 31.2 Å². The topological polar surface area (TPSA) is 44.0 Å². The Hall–Kier alpha value is -1.33. The highest BCUT2D eigenvalue weighted by atomic mass is 16.3. The maximum absolute atomic E-state index is 10.00. The zero-order valence-electron chi connectivity index (χ0n) is 9.98. The largest absolute Gasteiger partial charge is 0.391 e. The first-order valence-corrected chi connectivity index (χ1v) is 5.84. The number of hydrogen-bond acceptors (Lipinski definition) is 2. The van der Waals surface area contributed by atoms with Crippen LogP contribution in [0.2, 0.25) is 0 Å². The Morgan fingerprint density at radius 2 is 2.06 bits per heavy atom. The lowest BCUT2D eigenvalue weighted by atomic mass is 9.89. The molecule has 1 N–H and O–H groups in total. The fourth-order valence-electron chi connectivity index (χ4n) is 1.88. The van der Waals surface area contributed by atoms with Crippen LogP contribution >= 0.6 is 0 Å². The van der Waals surface area contributed by atoms with Crippen LogP contribution in [0.1, 0.15) is 43.2 Å². The van der Waals surface area contributed by atoms with Gasteiger partial charge in [-0.3, -0.25) is 0 Å². The molecule has 0 heterocycles. The zero-order valence-corrected chi connectivity index (χ0v) is 9.98. The molecule has 0 saturated carbocycles. The van der Waals surface area contributed by atoms with Gasteiger partial charge in [-0.15, -0.1) is 0 Å². The first kappa shape index (κ1) is 12.7. The maximum atomic E-state index is 10.00. The minimum Gasteiger partial charge on any atom is -0.391 e. The summed E-state index contributed by atoms with van der Waals surface area (Å²) >= 11 is 0. The van der Waals surface area contributed by atoms with Gasteiger partial charge in [-0.2, -0.15) is 5.26 Å². The highest BCUT2D eigenvalue weighted by Crippen LogP contribution is 2.25. The van der Waals surface area contributed by atoms with Gasteiger partial charge in [-0.1, -0.05) is 44.0 Å². The van der Waals surface area contributed by atoms with Gasteiger partial charge in [0.2, 0.25) is 0 Å². The number of aryl methyl sites for hydroxylation is 1. The van der Waals surface area contributed by atoms with Crippen LogP contribution in [0.3, 0.4) is 0 Å². The Balaban J connectivity index is 2.83. The summed E-state index contributed by atoms with van der Waals surface area (Å²) in [6, 6.07) is 9.99. The molecule has 2 atom stereocenters. The molecule has 0 aromatic heterocycles. The highest BCUT2D eigenvalue weighted by Gasteiger charge is 2.21. The van der Waals surface area contributed by atoms with Crippen molar-refractivity contribution in [3.63, 3.8) is 0 Å². The molecule has 0 aliphatic carbocycles. The Bertz CT molecular complexity index is 367. The van der Waals surface area contributed by atoms with E-state index in [2.05, 4.69) is 13.0 Å². The molecule has 1 rings (SSSR count). The lowest BCUT2D eigenvalue weighted by molar-refractivity contribution is 0.148. The summed E-state index contributed by atoms with van der Waals surface area (Å²) in [6.07, 6.45) is 2.16. The lowest BCUT2D eigenvalue weighted by Crippen LogP contribution is -2.17. The molecule has 1 aromatic carbocycles. The molecule has 0 aliphatic rings. The molecule has 0 aliphatic heterocycles. The van der Waals surface area contributed by atoms with E-state index < -0.39 is 12.0 Å². The van der Waals surface area contributed by atoms with E-state index in [9.17, 15) is 5.11 Å². The molecule has 0 bridgehead atoms. The van der Waals surface area contributed by atoms with Gasteiger partial charge in [0.1, 0.15) is 0 Å². The lowest BCUT2D eigenvalue weighted by Gasteiger charge is -2.18. The Morgan fingerprint density at radius 3 is 2.62 bits per heavy atom. The van der Waals surface area contributed by atoms with Crippen molar-refractivity contribution in [2.75, 3.05) is 0 Å². The molecule has 2 heteroatoms. The summed E-state index contributed by atoms with van der Waals surface area (Å²) < 4.78 is 0. The third kappa shape index (κ3) is 3.08. The monoisotopic (exact) mass is 217 g/mol. The van der Waals surface area contributed by atoms with Gasteiger partial charge in [-0.25, -0.2) is 0 Å². The van der Waals surface area contributed by atoms with E-state index in [4.69, 9.17) is 5.26 Å². The van der Waals surface area contributed by atoms with Gasteiger partial charge < -0.3 is 5.11 Å². The summed E-state index contributed by atoms with van der Waals surface area (Å²) in [6.45, 7) is 4.06. The van der Waals surface area contributed by atoms with Gasteiger partial charge in [0.25, 0.3) is 0 Å². The Labute approximate surface area is 97.5 Å². The number of aliphatic hydroxyl groups is 1. The summed E-state index contributed by atoms with van der Waals surface area (Å²) in [7, 11) is 0. The first-order valence-electron chi connectivity index (χ1n) is 5.84. The fourth-order valence-corrected chi connectivity index (χ4v) is 1.88. The second-order valence-corrected chi connectivity index (χ2v) is 4.17. The second kappa shape index (κ2) is 6.30. The van der Waals surface area contributed by atoms with Crippen molar-refractivity contribution in [2.45, 2.75) is 45.1 Å². The minimum absolute atomic E-state index is 0.396. The predicted molar refractivity (Wildman–Crippen MR) is 65.1 cm³/mol. The molecule has 86 valence electrons. The van der Waals surface area contributed by atoms with Crippen LogP contribution in [0, 0.1) is 18.3 Å². The van der Waals surface area contributed by atoms with Crippen LogP contribution < -0.4 is 0 Å². The molecule has 2 nitrogen and oxygen atoms in total. The smallest absolute Gasteiger partial charge is 0.0974 e. The van der Waals surface area contributed by atoms with Crippen LogP contribution in [0.15, 0.2) is 24.3 Å².